The van der Waals surface area contributed by atoms with E-state index in [4.69, 9.17) is 9.84 Å². The summed E-state index contributed by atoms with van der Waals surface area (Å²) in [5.74, 6) is -2.61. The minimum absolute atomic E-state index is 0.131. The highest BCUT2D eigenvalue weighted by molar-refractivity contribution is 5.98. The average molecular weight is 340 g/mol. The first kappa shape index (κ1) is 17.3. The van der Waals surface area contributed by atoms with Gasteiger partial charge in [-0.1, -0.05) is 30.3 Å². The van der Waals surface area contributed by atoms with E-state index in [1.165, 1.54) is 0 Å². The van der Waals surface area contributed by atoms with Gasteiger partial charge < -0.3 is 9.84 Å². The number of benzene rings is 1. The Kier molecular flexibility index (Phi) is 5.02. The Bertz CT molecular complexity index is 748. The number of carboxylic acids is 1. The summed E-state index contributed by atoms with van der Waals surface area (Å²) in [5.41, 5.74) is -1.91. The van der Waals surface area contributed by atoms with Gasteiger partial charge in [-0.2, -0.15) is 13.2 Å². The van der Waals surface area contributed by atoms with Crippen LogP contribution in [0.2, 0.25) is 0 Å². The van der Waals surface area contributed by atoms with Gasteiger partial charge in [-0.25, -0.2) is 14.6 Å². The van der Waals surface area contributed by atoms with Gasteiger partial charge in [-0.15, -0.1) is 0 Å². The number of carbonyl (C=O) groups is 2. The van der Waals surface area contributed by atoms with E-state index >= 15 is 0 Å². The number of aromatic carboxylic acids is 1. The molecule has 1 aromatic heterocycles. The molecular formula is C15H11F3N2O4. The minimum Gasteiger partial charge on any atom is -0.478 e. The molecule has 0 fully saturated rings. The molecule has 0 unspecified atom stereocenters. The Balaban J connectivity index is 2.17. The van der Waals surface area contributed by atoms with E-state index < -0.39 is 35.2 Å². The second-order valence-corrected chi connectivity index (χ2v) is 4.57. The first-order chi connectivity index (χ1) is 11.3. The number of ether oxygens (including phenoxy) is 1. The lowest BCUT2D eigenvalue weighted by Gasteiger charge is -2.13. The van der Waals surface area contributed by atoms with Gasteiger partial charge in [0.15, 0.2) is 5.82 Å². The Hall–Kier alpha value is -3.10. The maximum Gasteiger partial charge on any atom is 0.417 e. The van der Waals surface area contributed by atoms with E-state index in [1.54, 1.807) is 30.3 Å². The van der Waals surface area contributed by atoms with Gasteiger partial charge in [-0.3, -0.25) is 5.32 Å². The van der Waals surface area contributed by atoms with Crippen LogP contribution < -0.4 is 5.32 Å². The number of carbonyl (C=O) groups excluding carboxylic acids is 1. The van der Waals surface area contributed by atoms with E-state index in [2.05, 4.69) is 4.98 Å². The predicted molar refractivity (Wildman–Crippen MR) is 76.4 cm³/mol. The monoisotopic (exact) mass is 340 g/mol. The molecule has 1 amide bonds. The van der Waals surface area contributed by atoms with E-state index in [9.17, 15) is 22.8 Å². The Morgan fingerprint density at radius 2 is 1.83 bits per heavy atom. The Labute approximate surface area is 133 Å². The van der Waals surface area contributed by atoms with Gasteiger partial charge in [0.05, 0.1) is 5.56 Å². The minimum atomic E-state index is -4.90. The molecule has 0 atom stereocenters. The Morgan fingerprint density at radius 1 is 1.17 bits per heavy atom. The number of hydrogen-bond acceptors (Lipinski definition) is 4. The van der Waals surface area contributed by atoms with E-state index in [0.717, 1.165) is 6.20 Å². The van der Waals surface area contributed by atoms with Gasteiger partial charge in [0.2, 0.25) is 0 Å². The molecule has 0 aliphatic carbocycles. The van der Waals surface area contributed by atoms with Gasteiger partial charge in [-0.05, 0) is 11.6 Å². The maximum absolute atomic E-state index is 12.9. The molecule has 0 bridgehead atoms. The molecule has 2 aromatic rings. The van der Waals surface area contributed by atoms with Crippen LogP contribution in [0.15, 0.2) is 42.6 Å². The molecule has 9 heteroatoms. The van der Waals surface area contributed by atoms with Crippen molar-refractivity contribution in [3.63, 3.8) is 0 Å². The topological polar surface area (TPSA) is 88.5 Å². The normalized spacial score (nSPS) is 11.0. The summed E-state index contributed by atoms with van der Waals surface area (Å²) in [6, 6.07) is 9.07. The van der Waals surface area contributed by atoms with E-state index in [1.807, 2.05) is 5.32 Å². The molecule has 0 saturated heterocycles. The lowest BCUT2D eigenvalue weighted by atomic mass is 10.1. The van der Waals surface area contributed by atoms with E-state index in [0.29, 0.717) is 11.6 Å². The number of nitrogens with one attached hydrogen (secondary N) is 1. The standard InChI is InChI=1S/C15H11F3N2O4/c16-15(17,18)10-6-7-19-12(11(10)13(21)22)20-14(23)24-8-9-4-2-1-3-5-9/h1-7H,8H2,(H,21,22)(H,19,20,23). The van der Waals surface area contributed by atoms with Crippen molar-refractivity contribution in [3.05, 3.63) is 59.3 Å². The molecular weight excluding hydrogens is 329 g/mol. The number of aromatic nitrogens is 1. The van der Waals surface area contributed by atoms with Crippen LogP contribution in [-0.2, 0) is 17.5 Å². The number of hydrogen-bond donors (Lipinski definition) is 2. The van der Waals surface area contributed by atoms with Crippen molar-refractivity contribution in [1.82, 2.24) is 4.98 Å². The third kappa shape index (κ3) is 4.22. The Morgan fingerprint density at radius 3 is 2.42 bits per heavy atom. The number of pyridine rings is 1. The zero-order chi connectivity index (χ0) is 17.7. The maximum atomic E-state index is 12.9. The highest BCUT2D eigenvalue weighted by Gasteiger charge is 2.37. The largest absolute Gasteiger partial charge is 0.478 e. The van der Waals surface area contributed by atoms with Gasteiger partial charge >= 0.3 is 18.2 Å². The first-order valence-corrected chi connectivity index (χ1v) is 6.56. The highest BCUT2D eigenvalue weighted by Crippen LogP contribution is 2.34. The summed E-state index contributed by atoms with van der Waals surface area (Å²) in [4.78, 5) is 26.3. The number of carboxylic acid groups (broad SMARTS) is 1. The number of rotatable bonds is 4. The fourth-order valence-electron chi connectivity index (χ4n) is 1.87. The number of nitrogens with zero attached hydrogens (tertiary/aromatic N) is 1. The SMILES string of the molecule is O=C(Nc1nccc(C(F)(F)F)c1C(=O)O)OCc1ccccc1. The van der Waals surface area contributed by atoms with Gasteiger partial charge in [0.1, 0.15) is 12.2 Å². The van der Waals surface area contributed by atoms with Crippen LogP contribution in [0.4, 0.5) is 23.8 Å². The van der Waals surface area contributed by atoms with Crippen molar-refractivity contribution >= 4 is 17.9 Å². The van der Waals surface area contributed by atoms with Crippen molar-refractivity contribution in [1.29, 1.82) is 0 Å². The van der Waals surface area contributed by atoms with Crippen molar-refractivity contribution < 1.29 is 32.6 Å². The lowest BCUT2D eigenvalue weighted by molar-refractivity contribution is -0.138. The molecule has 1 aromatic carbocycles. The van der Waals surface area contributed by atoms with Crippen LogP contribution in [0.3, 0.4) is 0 Å². The summed E-state index contributed by atoms with van der Waals surface area (Å²) in [6.07, 6.45) is -5.27. The molecule has 0 aliphatic rings. The second kappa shape index (κ2) is 6.99. The summed E-state index contributed by atoms with van der Waals surface area (Å²) in [6.45, 7) is -0.131. The summed E-state index contributed by atoms with van der Waals surface area (Å²) in [5, 5.41) is 10.9. The third-order valence-corrected chi connectivity index (χ3v) is 2.90. The number of halogens is 3. The van der Waals surface area contributed by atoms with Crippen molar-refractivity contribution in [2.75, 3.05) is 5.32 Å². The van der Waals surface area contributed by atoms with Crippen molar-refractivity contribution in [2.24, 2.45) is 0 Å². The number of alkyl halides is 3. The smallest absolute Gasteiger partial charge is 0.417 e. The quantitative estimate of drug-likeness (QED) is 0.889. The molecule has 0 aliphatic heterocycles. The summed E-state index contributed by atoms with van der Waals surface area (Å²) in [7, 11) is 0. The first-order valence-electron chi connectivity index (χ1n) is 6.56. The van der Waals surface area contributed by atoms with Crippen LogP contribution in [0.25, 0.3) is 0 Å². The van der Waals surface area contributed by atoms with Crippen LogP contribution in [0.5, 0.6) is 0 Å². The van der Waals surface area contributed by atoms with Crippen LogP contribution in [-0.4, -0.2) is 22.2 Å². The van der Waals surface area contributed by atoms with Crippen LogP contribution >= 0.6 is 0 Å². The molecule has 1 heterocycles. The highest BCUT2D eigenvalue weighted by atomic mass is 19.4. The van der Waals surface area contributed by atoms with Crippen molar-refractivity contribution in [3.8, 4) is 0 Å². The third-order valence-electron chi connectivity index (χ3n) is 2.90. The molecule has 6 nitrogen and oxygen atoms in total. The molecule has 2 N–H and O–H groups in total. The zero-order valence-electron chi connectivity index (χ0n) is 12.0. The summed E-state index contributed by atoms with van der Waals surface area (Å²) < 4.78 is 43.4. The number of amides is 1. The van der Waals surface area contributed by atoms with Crippen LogP contribution in [0.1, 0.15) is 21.5 Å². The summed E-state index contributed by atoms with van der Waals surface area (Å²) >= 11 is 0. The fourth-order valence-corrected chi connectivity index (χ4v) is 1.87. The average Bonchev–Trinajstić information content (AvgIpc) is 2.52. The van der Waals surface area contributed by atoms with Gasteiger partial charge in [0.25, 0.3) is 0 Å². The van der Waals surface area contributed by atoms with Crippen LogP contribution in [0, 0.1) is 0 Å². The molecule has 0 radical (unpaired) electrons. The van der Waals surface area contributed by atoms with Gasteiger partial charge in [0, 0.05) is 6.20 Å². The molecule has 24 heavy (non-hydrogen) atoms. The van der Waals surface area contributed by atoms with E-state index in [-0.39, 0.29) is 6.61 Å². The molecule has 2 rings (SSSR count). The zero-order valence-corrected chi connectivity index (χ0v) is 12.0. The molecule has 0 spiro atoms. The molecule has 126 valence electrons. The fraction of sp³-hybridized carbons (Fsp3) is 0.133. The second-order valence-electron chi connectivity index (χ2n) is 4.57. The predicted octanol–water partition coefficient (Wildman–Crippen LogP) is 3.55. The van der Waals surface area contributed by atoms with Crippen molar-refractivity contribution in [2.45, 2.75) is 12.8 Å². The number of anilines is 1. The molecule has 0 saturated carbocycles. The lowest BCUT2D eigenvalue weighted by Crippen LogP contribution is -2.20.